The molecular formula is C6H13FO. The van der Waals surface area contributed by atoms with E-state index in [4.69, 9.17) is 0 Å². The standard InChI is InChI=1S/C6H13FO/c1-5(2)6(7)4-8-3/h5-6H,4H2,1-3H3. The van der Waals surface area contributed by atoms with Crippen molar-refractivity contribution in [2.24, 2.45) is 5.92 Å². The molecule has 2 heteroatoms. The molecule has 0 saturated heterocycles. The molecule has 50 valence electrons. The van der Waals surface area contributed by atoms with Crippen molar-refractivity contribution >= 4 is 0 Å². The fraction of sp³-hybridized carbons (Fsp3) is 1.00. The van der Waals surface area contributed by atoms with Crippen molar-refractivity contribution in [3.63, 3.8) is 0 Å². The number of methoxy groups -OCH3 is 1. The third-order valence-electron chi connectivity index (χ3n) is 1.05. The van der Waals surface area contributed by atoms with Gasteiger partial charge in [-0.2, -0.15) is 0 Å². The lowest BCUT2D eigenvalue weighted by atomic mass is 10.1. The summed E-state index contributed by atoms with van der Waals surface area (Å²) in [5, 5.41) is 0. The lowest BCUT2D eigenvalue weighted by Crippen LogP contribution is -2.15. The number of rotatable bonds is 3. The first kappa shape index (κ1) is 7.89. The summed E-state index contributed by atoms with van der Waals surface area (Å²) in [4.78, 5) is 0. The monoisotopic (exact) mass is 120 g/mol. The molecule has 1 atom stereocenters. The molecule has 0 aromatic rings. The molecule has 1 nitrogen and oxygen atoms in total. The van der Waals surface area contributed by atoms with Crippen LogP contribution in [-0.4, -0.2) is 19.9 Å². The second-order valence-electron chi connectivity index (χ2n) is 2.22. The lowest BCUT2D eigenvalue weighted by molar-refractivity contribution is 0.0978. The molecule has 0 aliphatic rings. The highest BCUT2D eigenvalue weighted by Crippen LogP contribution is 2.04. The van der Waals surface area contributed by atoms with Gasteiger partial charge in [0, 0.05) is 7.11 Å². The van der Waals surface area contributed by atoms with E-state index in [0.717, 1.165) is 0 Å². The highest BCUT2D eigenvalue weighted by Gasteiger charge is 2.09. The molecule has 0 aromatic carbocycles. The second-order valence-corrected chi connectivity index (χ2v) is 2.22. The van der Waals surface area contributed by atoms with Gasteiger partial charge in [0.25, 0.3) is 0 Å². The number of alkyl halides is 1. The minimum Gasteiger partial charge on any atom is -0.382 e. The van der Waals surface area contributed by atoms with Crippen LogP contribution >= 0.6 is 0 Å². The van der Waals surface area contributed by atoms with E-state index in [9.17, 15) is 4.39 Å². The van der Waals surface area contributed by atoms with Gasteiger partial charge < -0.3 is 4.74 Å². The van der Waals surface area contributed by atoms with E-state index >= 15 is 0 Å². The van der Waals surface area contributed by atoms with E-state index < -0.39 is 6.17 Å². The Morgan fingerprint density at radius 1 is 1.50 bits per heavy atom. The summed E-state index contributed by atoms with van der Waals surface area (Å²) in [6, 6.07) is 0. The highest BCUT2D eigenvalue weighted by atomic mass is 19.1. The Balaban J connectivity index is 3.17. The maximum Gasteiger partial charge on any atom is 0.126 e. The van der Waals surface area contributed by atoms with Gasteiger partial charge in [0.05, 0.1) is 6.61 Å². The predicted octanol–water partition coefficient (Wildman–Crippen LogP) is 1.63. The molecule has 0 amide bonds. The Morgan fingerprint density at radius 2 is 2.00 bits per heavy atom. The largest absolute Gasteiger partial charge is 0.382 e. The van der Waals surface area contributed by atoms with Crippen LogP contribution < -0.4 is 0 Å². The van der Waals surface area contributed by atoms with E-state index in [1.165, 1.54) is 7.11 Å². The van der Waals surface area contributed by atoms with Crippen molar-refractivity contribution in [2.75, 3.05) is 13.7 Å². The van der Waals surface area contributed by atoms with Crippen LogP contribution in [0.25, 0.3) is 0 Å². The Labute approximate surface area is 49.8 Å². The van der Waals surface area contributed by atoms with Gasteiger partial charge in [-0.05, 0) is 5.92 Å². The summed E-state index contributed by atoms with van der Waals surface area (Å²) in [7, 11) is 1.51. The molecule has 0 saturated carbocycles. The van der Waals surface area contributed by atoms with Gasteiger partial charge in [0.2, 0.25) is 0 Å². The number of ether oxygens (including phenoxy) is 1. The fourth-order valence-corrected chi connectivity index (χ4v) is 0.352. The van der Waals surface area contributed by atoms with Crippen molar-refractivity contribution in [3.05, 3.63) is 0 Å². The summed E-state index contributed by atoms with van der Waals surface area (Å²) in [6.07, 6.45) is -0.806. The molecule has 0 rings (SSSR count). The first-order valence-corrected chi connectivity index (χ1v) is 2.81. The molecule has 0 spiro atoms. The summed E-state index contributed by atoms with van der Waals surface area (Å²) in [6.45, 7) is 3.89. The molecule has 1 unspecified atom stereocenters. The zero-order valence-corrected chi connectivity index (χ0v) is 5.65. The first-order chi connectivity index (χ1) is 3.68. The topological polar surface area (TPSA) is 9.23 Å². The molecule has 0 radical (unpaired) electrons. The lowest BCUT2D eigenvalue weighted by Gasteiger charge is -2.08. The van der Waals surface area contributed by atoms with E-state index in [-0.39, 0.29) is 12.5 Å². The predicted molar refractivity (Wildman–Crippen MR) is 31.6 cm³/mol. The summed E-state index contributed by atoms with van der Waals surface area (Å²) in [5.74, 6) is 0.0787. The molecule has 0 N–H and O–H groups in total. The molecular weight excluding hydrogens is 107 g/mol. The van der Waals surface area contributed by atoms with Gasteiger partial charge in [-0.3, -0.25) is 0 Å². The molecule has 0 bridgehead atoms. The summed E-state index contributed by atoms with van der Waals surface area (Å²) < 4.78 is 17.0. The van der Waals surface area contributed by atoms with Gasteiger partial charge in [-0.1, -0.05) is 13.8 Å². The quantitative estimate of drug-likeness (QED) is 0.550. The van der Waals surface area contributed by atoms with Crippen molar-refractivity contribution in [1.29, 1.82) is 0 Å². The van der Waals surface area contributed by atoms with Crippen molar-refractivity contribution < 1.29 is 9.13 Å². The van der Waals surface area contributed by atoms with Crippen LogP contribution in [0, 0.1) is 5.92 Å². The van der Waals surface area contributed by atoms with Crippen molar-refractivity contribution in [2.45, 2.75) is 20.0 Å². The minimum absolute atomic E-state index is 0.0787. The van der Waals surface area contributed by atoms with Crippen molar-refractivity contribution in [3.8, 4) is 0 Å². The molecule has 0 fully saturated rings. The summed E-state index contributed by atoms with van der Waals surface area (Å²) in [5.41, 5.74) is 0. The van der Waals surface area contributed by atoms with Crippen LogP contribution in [0.3, 0.4) is 0 Å². The van der Waals surface area contributed by atoms with E-state index in [0.29, 0.717) is 0 Å². The van der Waals surface area contributed by atoms with Gasteiger partial charge in [-0.25, -0.2) is 4.39 Å². The first-order valence-electron chi connectivity index (χ1n) is 2.81. The Kier molecular flexibility index (Phi) is 3.79. The van der Waals surface area contributed by atoms with Gasteiger partial charge in [0.15, 0.2) is 0 Å². The Hall–Kier alpha value is -0.110. The van der Waals surface area contributed by atoms with E-state index in [1.54, 1.807) is 0 Å². The maximum atomic E-state index is 12.4. The van der Waals surface area contributed by atoms with Gasteiger partial charge in [0.1, 0.15) is 6.17 Å². The Bertz CT molecular complexity index is 54.5. The minimum atomic E-state index is -0.806. The van der Waals surface area contributed by atoms with Crippen LogP contribution in [0.4, 0.5) is 4.39 Å². The van der Waals surface area contributed by atoms with Crippen LogP contribution in [-0.2, 0) is 4.74 Å². The van der Waals surface area contributed by atoms with Crippen LogP contribution in [0.2, 0.25) is 0 Å². The summed E-state index contributed by atoms with van der Waals surface area (Å²) >= 11 is 0. The number of hydrogen-bond donors (Lipinski definition) is 0. The normalized spacial score (nSPS) is 14.6. The average Bonchev–Trinajstić information content (AvgIpc) is 1.67. The highest BCUT2D eigenvalue weighted by molar-refractivity contribution is 4.57. The Morgan fingerprint density at radius 3 is 2.12 bits per heavy atom. The van der Waals surface area contributed by atoms with Gasteiger partial charge in [-0.15, -0.1) is 0 Å². The van der Waals surface area contributed by atoms with E-state index in [2.05, 4.69) is 4.74 Å². The smallest absolute Gasteiger partial charge is 0.126 e. The second kappa shape index (κ2) is 3.84. The molecule has 0 aliphatic carbocycles. The molecule has 0 aromatic heterocycles. The average molecular weight is 120 g/mol. The number of halogens is 1. The molecule has 0 heterocycles. The van der Waals surface area contributed by atoms with Crippen LogP contribution in [0.15, 0.2) is 0 Å². The third kappa shape index (κ3) is 2.97. The van der Waals surface area contributed by atoms with E-state index in [1.807, 2.05) is 13.8 Å². The zero-order chi connectivity index (χ0) is 6.57. The zero-order valence-electron chi connectivity index (χ0n) is 5.65. The van der Waals surface area contributed by atoms with Crippen LogP contribution in [0.5, 0.6) is 0 Å². The third-order valence-corrected chi connectivity index (χ3v) is 1.05. The van der Waals surface area contributed by atoms with Crippen LogP contribution in [0.1, 0.15) is 13.8 Å². The molecule has 8 heavy (non-hydrogen) atoms. The number of hydrogen-bond acceptors (Lipinski definition) is 1. The maximum absolute atomic E-state index is 12.4. The molecule has 0 aliphatic heterocycles. The fourth-order valence-electron chi connectivity index (χ4n) is 0.352. The van der Waals surface area contributed by atoms with Gasteiger partial charge >= 0.3 is 0 Å². The van der Waals surface area contributed by atoms with Crippen molar-refractivity contribution in [1.82, 2.24) is 0 Å². The SMILES string of the molecule is COCC(F)C(C)C.